The quantitative estimate of drug-likeness (QED) is 0.513. The standard InChI is InChI=1S/C22H26N6O.C2HF3O2/c1-15(18-8-11-27(3)12-9-18)24-22(29)21-16(2)28(26-25-21)14-17-6-7-20-19(13-17)5-4-10-23-20;3-2(4,5)1(6)7/h4-8,10,13,15H,9,11-12,14H2,1-3H3,(H,24,29);(H,6,7). The molecule has 36 heavy (non-hydrogen) atoms. The third kappa shape index (κ3) is 6.87. The number of carbonyl (C=O) groups excluding carboxylic acids is 1. The molecule has 4 rings (SSSR count). The Balaban J connectivity index is 0.000000454. The summed E-state index contributed by atoms with van der Waals surface area (Å²) >= 11 is 0. The van der Waals surface area contributed by atoms with E-state index in [9.17, 15) is 18.0 Å². The van der Waals surface area contributed by atoms with Crippen molar-refractivity contribution in [2.75, 3.05) is 20.1 Å². The molecule has 192 valence electrons. The molecule has 1 aliphatic rings. The van der Waals surface area contributed by atoms with Gasteiger partial charge in [0.15, 0.2) is 5.69 Å². The lowest BCUT2D eigenvalue weighted by Gasteiger charge is -2.25. The van der Waals surface area contributed by atoms with Gasteiger partial charge in [0.1, 0.15) is 0 Å². The highest BCUT2D eigenvalue weighted by Gasteiger charge is 2.38. The lowest BCUT2D eigenvalue weighted by atomic mass is 10.0. The van der Waals surface area contributed by atoms with E-state index < -0.39 is 12.1 Å². The van der Waals surface area contributed by atoms with Crippen molar-refractivity contribution in [3.05, 3.63) is 65.1 Å². The first-order chi connectivity index (χ1) is 17.0. The summed E-state index contributed by atoms with van der Waals surface area (Å²) in [7, 11) is 2.10. The number of carboxylic acid groups (broad SMARTS) is 1. The van der Waals surface area contributed by atoms with Crippen molar-refractivity contribution in [2.24, 2.45) is 0 Å². The van der Waals surface area contributed by atoms with Crippen molar-refractivity contribution in [1.82, 2.24) is 30.2 Å². The van der Waals surface area contributed by atoms with Gasteiger partial charge in [-0.1, -0.05) is 23.4 Å². The number of carboxylic acids is 1. The lowest BCUT2D eigenvalue weighted by Crippen LogP contribution is -2.37. The van der Waals surface area contributed by atoms with Crippen LogP contribution in [0.4, 0.5) is 13.2 Å². The number of aliphatic carboxylic acids is 1. The molecule has 1 atom stereocenters. The molecule has 3 aromatic rings. The van der Waals surface area contributed by atoms with E-state index in [-0.39, 0.29) is 11.9 Å². The maximum Gasteiger partial charge on any atom is 0.490 e. The summed E-state index contributed by atoms with van der Waals surface area (Å²) in [5.74, 6) is -2.93. The molecular weight excluding hydrogens is 477 g/mol. The van der Waals surface area contributed by atoms with Gasteiger partial charge in [-0.05, 0) is 56.7 Å². The number of nitrogens with one attached hydrogen (secondary N) is 1. The second-order valence-electron chi connectivity index (χ2n) is 8.50. The van der Waals surface area contributed by atoms with E-state index >= 15 is 0 Å². The topological polar surface area (TPSA) is 113 Å². The van der Waals surface area contributed by atoms with Gasteiger partial charge >= 0.3 is 12.1 Å². The average molecular weight is 505 g/mol. The van der Waals surface area contributed by atoms with Crippen LogP contribution in [0.2, 0.25) is 0 Å². The van der Waals surface area contributed by atoms with Crippen LogP contribution in [0, 0.1) is 6.92 Å². The number of likely N-dealkylation sites (N-methyl/N-ethyl adjacent to an activating group) is 1. The highest BCUT2D eigenvalue weighted by molar-refractivity contribution is 5.93. The lowest BCUT2D eigenvalue weighted by molar-refractivity contribution is -0.192. The van der Waals surface area contributed by atoms with Gasteiger partial charge in [-0.3, -0.25) is 9.78 Å². The van der Waals surface area contributed by atoms with Gasteiger partial charge in [0, 0.05) is 30.7 Å². The van der Waals surface area contributed by atoms with Crippen molar-refractivity contribution in [1.29, 1.82) is 0 Å². The highest BCUT2D eigenvalue weighted by atomic mass is 19.4. The molecule has 0 spiro atoms. The number of nitrogens with zero attached hydrogens (tertiary/aromatic N) is 5. The molecule has 2 N–H and O–H groups in total. The van der Waals surface area contributed by atoms with Crippen LogP contribution in [0.1, 0.15) is 35.1 Å². The van der Waals surface area contributed by atoms with Gasteiger partial charge in [0.2, 0.25) is 0 Å². The maximum absolute atomic E-state index is 12.8. The summed E-state index contributed by atoms with van der Waals surface area (Å²) in [5.41, 5.74) is 4.47. The van der Waals surface area contributed by atoms with Gasteiger partial charge in [0.25, 0.3) is 5.91 Å². The Morgan fingerprint density at radius 1 is 1.25 bits per heavy atom. The van der Waals surface area contributed by atoms with Crippen molar-refractivity contribution in [3.63, 3.8) is 0 Å². The first kappa shape index (κ1) is 26.8. The predicted octanol–water partition coefficient (Wildman–Crippen LogP) is 3.20. The first-order valence-corrected chi connectivity index (χ1v) is 11.2. The second-order valence-corrected chi connectivity index (χ2v) is 8.50. The molecule has 1 amide bonds. The fourth-order valence-corrected chi connectivity index (χ4v) is 3.65. The number of halogens is 3. The summed E-state index contributed by atoms with van der Waals surface area (Å²) in [5, 5.41) is 19.6. The summed E-state index contributed by atoms with van der Waals surface area (Å²) in [6.07, 6.45) is -0.121. The third-order valence-electron chi connectivity index (χ3n) is 5.79. The maximum atomic E-state index is 12.8. The van der Waals surface area contributed by atoms with Crippen LogP contribution >= 0.6 is 0 Å². The van der Waals surface area contributed by atoms with E-state index in [1.54, 1.807) is 10.9 Å². The fourth-order valence-electron chi connectivity index (χ4n) is 3.65. The summed E-state index contributed by atoms with van der Waals surface area (Å²) in [6, 6.07) is 10.1. The Labute approximate surface area is 205 Å². The molecular formula is C24H27F3N6O3. The van der Waals surface area contributed by atoms with E-state index in [4.69, 9.17) is 9.90 Å². The zero-order chi connectivity index (χ0) is 26.5. The molecule has 0 aliphatic carbocycles. The minimum atomic E-state index is -5.08. The second kappa shape index (κ2) is 11.3. The number of hydrogen-bond donors (Lipinski definition) is 2. The summed E-state index contributed by atoms with van der Waals surface area (Å²) in [6.45, 7) is 6.41. The Bertz CT molecular complexity index is 1270. The van der Waals surface area contributed by atoms with Crippen LogP contribution in [0.3, 0.4) is 0 Å². The number of rotatable bonds is 5. The van der Waals surface area contributed by atoms with Crippen LogP contribution < -0.4 is 5.32 Å². The minimum absolute atomic E-state index is 0.00580. The summed E-state index contributed by atoms with van der Waals surface area (Å²) < 4.78 is 33.5. The zero-order valence-electron chi connectivity index (χ0n) is 20.1. The number of carbonyl (C=O) groups is 2. The Morgan fingerprint density at radius 2 is 1.97 bits per heavy atom. The summed E-state index contributed by atoms with van der Waals surface area (Å²) in [4.78, 5) is 28.3. The third-order valence-corrected chi connectivity index (χ3v) is 5.79. The van der Waals surface area contributed by atoms with Crippen LogP contribution in [0.15, 0.2) is 48.2 Å². The van der Waals surface area contributed by atoms with Crippen LogP contribution in [-0.4, -0.2) is 74.2 Å². The monoisotopic (exact) mass is 504 g/mol. The van der Waals surface area contributed by atoms with Crippen molar-refractivity contribution in [3.8, 4) is 0 Å². The average Bonchev–Trinajstić information content (AvgIpc) is 3.19. The highest BCUT2D eigenvalue weighted by Crippen LogP contribution is 2.17. The molecule has 1 unspecified atom stereocenters. The van der Waals surface area contributed by atoms with Gasteiger partial charge < -0.3 is 15.3 Å². The SMILES string of the molecule is Cc1c(C(=O)NC(C)C2=CCN(C)CC2)nnn1Cc1ccc2ncccc2c1.O=C(O)C(F)(F)F. The van der Waals surface area contributed by atoms with E-state index in [1.807, 2.05) is 38.1 Å². The number of aromatic nitrogens is 4. The van der Waals surface area contributed by atoms with Gasteiger partial charge in [0.05, 0.1) is 17.8 Å². The molecule has 12 heteroatoms. The van der Waals surface area contributed by atoms with Crippen molar-refractivity contribution in [2.45, 2.75) is 39.0 Å². The minimum Gasteiger partial charge on any atom is -0.475 e. The molecule has 0 radical (unpaired) electrons. The van der Waals surface area contributed by atoms with E-state index in [1.165, 1.54) is 5.57 Å². The fraction of sp³-hybridized carbons (Fsp3) is 0.375. The molecule has 1 aromatic carbocycles. The number of amides is 1. The number of hydrogen-bond acceptors (Lipinski definition) is 6. The normalized spacial score (nSPS) is 15.0. The van der Waals surface area contributed by atoms with Crippen molar-refractivity contribution < 1.29 is 27.9 Å². The number of pyridine rings is 1. The molecule has 0 fully saturated rings. The molecule has 0 saturated heterocycles. The van der Waals surface area contributed by atoms with Crippen LogP contribution in [0.5, 0.6) is 0 Å². The Hall–Kier alpha value is -3.80. The zero-order valence-corrected chi connectivity index (χ0v) is 20.1. The molecule has 0 bridgehead atoms. The molecule has 1 aliphatic heterocycles. The van der Waals surface area contributed by atoms with Gasteiger partial charge in [-0.15, -0.1) is 5.10 Å². The molecule has 0 saturated carbocycles. The number of benzene rings is 1. The van der Waals surface area contributed by atoms with Gasteiger partial charge in [-0.25, -0.2) is 9.48 Å². The molecule has 9 nitrogen and oxygen atoms in total. The van der Waals surface area contributed by atoms with E-state index in [0.29, 0.717) is 12.2 Å². The first-order valence-electron chi connectivity index (χ1n) is 11.2. The van der Waals surface area contributed by atoms with Crippen LogP contribution in [-0.2, 0) is 11.3 Å². The molecule has 2 aromatic heterocycles. The van der Waals surface area contributed by atoms with Gasteiger partial charge in [-0.2, -0.15) is 13.2 Å². The number of alkyl halides is 3. The smallest absolute Gasteiger partial charge is 0.475 e. The van der Waals surface area contributed by atoms with E-state index in [2.05, 4.69) is 44.7 Å². The molecule has 3 heterocycles. The Morgan fingerprint density at radius 3 is 2.61 bits per heavy atom. The van der Waals surface area contributed by atoms with E-state index in [0.717, 1.165) is 41.7 Å². The van der Waals surface area contributed by atoms with Crippen LogP contribution in [0.25, 0.3) is 10.9 Å². The van der Waals surface area contributed by atoms with Crippen molar-refractivity contribution >= 4 is 22.8 Å². The predicted molar refractivity (Wildman–Crippen MR) is 126 cm³/mol. The largest absolute Gasteiger partial charge is 0.490 e. The number of fused-ring (bicyclic) bond motifs is 1. The Kier molecular flexibility index (Phi) is 8.41.